The Labute approximate surface area is 229 Å². The topological polar surface area (TPSA) is 18.1 Å². The standard InChI is InChI=1S/C38H21NO/c1-2-9-23-22(8-1)16-18-33-38(23)31-20-30-26-12-5-6-15-35(26)40-36(30)21-34(31)39(33)32-19-17-28-25-11-4-3-10-24(25)27-13-7-14-29(32)37(27)28/h1-21H. The van der Waals surface area contributed by atoms with Gasteiger partial charge in [0, 0.05) is 33.0 Å². The Balaban J connectivity index is 1.41. The molecule has 0 amide bonds. The molecule has 10 rings (SSSR count). The fourth-order valence-electron chi connectivity index (χ4n) is 7.25. The lowest BCUT2D eigenvalue weighted by atomic mass is 10.0. The fourth-order valence-corrected chi connectivity index (χ4v) is 7.25. The predicted molar refractivity (Wildman–Crippen MR) is 168 cm³/mol. The molecule has 40 heavy (non-hydrogen) atoms. The lowest BCUT2D eigenvalue weighted by Gasteiger charge is -2.13. The number of hydrogen-bond acceptors (Lipinski definition) is 1. The van der Waals surface area contributed by atoms with Crippen LogP contribution in [0.4, 0.5) is 0 Å². The van der Waals surface area contributed by atoms with E-state index in [1.54, 1.807) is 0 Å². The van der Waals surface area contributed by atoms with Gasteiger partial charge in [-0.25, -0.2) is 0 Å². The molecule has 184 valence electrons. The monoisotopic (exact) mass is 507 g/mol. The zero-order valence-corrected chi connectivity index (χ0v) is 21.5. The number of hydrogen-bond donors (Lipinski definition) is 0. The average molecular weight is 508 g/mol. The van der Waals surface area contributed by atoms with Crippen LogP contribution in [-0.2, 0) is 0 Å². The summed E-state index contributed by atoms with van der Waals surface area (Å²) in [5.41, 5.74) is 10.7. The van der Waals surface area contributed by atoms with Crippen molar-refractivity contribution in [2.75, 3.05) is 0 Å². The highest BCUT2D eigenvalue weighted by molar-refractivity contribution is 6.25. The minimum Gasteiger partial charge on any atom is -0.456 e. The highest BCUT2D eigenvalue weighted by Gasteiger charge is 2.24. The SMILES string of the molecule is c1ccc2c(c1)-c1cccc3c(-n4c5cc6oc7ccccc7c6cc5c5c6ccccc6ccc54)ccc-2c13. The third-order valence-corrected chi connectivity index (χ3v) is 8.92. The van der Waals surface area contributed by atoms with Gasteiger partial charge in [0.05, 0.1) is 16.7 Å². The van der Waals surface area contributed by atoms with E-state index < -0.39 is 0 Å². The van der Waals surface area contributed by atoms with Crippen LogP contribution in [0, 0.1) is 0 Å². The number of benzene rings is 7. The van der Waals surface area contributed by atoms with Crippen molar-refractivity contribution in [2.24, 2.45) is 0 Å². The van der Waals surface area contributed by atoms with E-state index in [0.29, 0.717) is 0 Å². The summed E-state index contributed by atoms with van der Waals surface area (Å²) in [4.78, 5) is 0. The van der Waals surface area contributed by atoms with Gasteiger partial charge in [-0.05, 0) is 62.7 Å². The highest BCUT2D eigenvalue weighted by atomic mass is 16.3. The van der Waals surface area contributed by atoms with Gasteiger partial charge in [0.2, 0.25) is 0 Å². The zero-order chi connectivity index (χ0) is 25.9. The van der Waals surface area contributed by atoms with E-state index in [0.717, 1.165) is 27.5 Å². The van der Waals surface area contributed by atoms with Crippen molar-refractivity contribution >= 4 is 65.3 Å². The van der Waals surface area contributed by atoms with Gasteiger partial charge in [0.15, 0.2) is 0 Å². The second-order valence-electron chi connectivity index (χ2n) is 10.9. The first-order chi connectivity index (χ1) is 19.8. The Morgan fingerprint density at radius 2 is 1.12 bits per heavy atom. The Kier molecular flexibility index (Phi) is 3.70. The number of para-hydroxylation sites is 1. The largest absolute Gasteiger partial charge is 0.456 e. The molecule has 0 N–H and O–H groups in total. The van der Waals surface area contributed by atoms with Gasteiger partial charge >= 0.3 is 0 Å². The van der Waals surface area contributed by atoms with Crippen molar-refractivity contribution in [3.05, 3.63) is 127 Å². The third-order valence-electron chi connectivity index (χ3n) is 8.92. The van der Waals surface area contributed by atoms with E-state index in [4.69, 9.17) is 4.42 Å². The van der Waals surface area contributed by atoms with Crippen LogP contribution >= 0.6 is 0 Å². The first-order valence-electron chi connectivity index (χ1n) is 13.8. The molecule has 2 heterocycles. The molecular weight excluding hydrogens is 486 g/mol. The molecule has 2 aromatic heterocycles. The summed E-state index contributed by atoms with van der Waals surface area (Å²) in [6, 6.07) is 46.3. The maximum absolute atomic E-state index is 6.40. The number of fused-ring (bicyclic) bond motifs is 11. The van der Waals surface area contributed by atoms with Gasteiger partial charge in [0.1, 0.15) is 11.2 Å². The summed E-state index contributed by atoms with van der Waals surface area (Å²) in [6.45, 7) is 0. The van der Waals surface area contributed by atoms with Crippen molar-refractivity contribution in [1.82, 2.24) is 4.57 Å². The van der Waals surface area contributed by atoms with Gasteiger partial charge < -0.3 is 8.98 Å². The smallest absolute Gasteiger partial charge is 0.137 e. The van der Waals surface area contributed by atoms with Crippen molar-refractivity contribution in [3.8, 4) is 27.9 Å². The van der Waals surface area contributed by atoms with E-state index in [9.17, 15) is 0 Å². The van der Waals surface area contributed by atoms with Crippen LogP contribution < -0.4 is 0 Å². The highest BCUT2D eigenvalue weighted by Crippen LogP contribution is 2.49. The van der Waals surface area contributed by atoms with E-state index >= 15 is 0 Å². The van der Waals surface area contributed by atoms with Crippen LogP contribution in [0.3, 0.4) is 0 Å². The van der Waals surface area contributed by atoms with Gasteiger partial charge in [-0.15, -0.1) is 0 Å². The normalized spacial score (nSPS) is 12.5. The fraction of sp³-hybridized carbons (Fsp3) is 0. The Hall–Kier alpha value is -5.34. The quantitative estimate of drug-likeness (QED) is 0.216. The summed E-state index contributed by atoms with van der Waals surface area (Å²) < 4.78 is 8.85. The molecule has 0 bridgehead atoms. The summed E-state index contributed by atoms with van der Waals surface area (Å²) in [6.07, 6.45) is 0. The molecule has 0 aliphatic heterocycles. The molecule has 1 aliphatic carbocycles. The number of furan rings is 1. The summed E-state index contributed by atoms with van der Waals surface area (Å²) in [5, 5.41) is 9.97. The van der Waals surface area contributed by atoms with Gasteiger partial charge in [-0.3, -0.25) is 0 Å². The summed E-state index contributed by atoms with van der Waals surface area (Å²) >= 11 is 0. The molecule has 2 heteroatoms. The predicted octanol–water partition coefficient (Wildman–Crippen LogP) is 10.6. The number of nitrogens with zero attached hydrogens (tertiary/aromatic N) is 1. The first kappa shape index (κ1) is 20.6. The molecule has 2 nitrogen and oxygen atoms in total. The minimum atomic E-state index is 0.917. The Morgan fingerprint density at radius 3 is 2.02 bits per heavy atom. The van der Waals surface area contributed by atoms with Crippen LogP contribution in [0.25, 0.3) is 93.2 Å². The molecule has 0 unspecified atom stereocenters. The molecule has 0 saturated carbocycles. The second-order valence-corrected chi connectivity index (χ2v) is 10.9. The number of aromatic nitrogens is 1. The molecule has 0 radical (unpaired) electrons. The molecule has 7 aromatic carbocycles. The third kappa shape index (κ3) is 2.45. The summed E-state index contributed by atoms with van der Waals surface area (Å²) in [7, 11) is 0. The van der Waals surface area contributed by atoms with Crippen molar-refractivity contribution in [1.29, 1.82) is 0 Å². The maximum Gasteiger partial charge on any atom is 0.137 e. The van der Waals surface area contributed by atoms with Crippen molar-refractivity contribution in [2.45, 2.75) is 0 Å². The van der Waals surface area contributed by atoms with Gasteiger partial charge in [-0.1, -0.05) is 97.1 Å². The molecule has 0 atom stereocenters. The molecule has 0 fully saturated rings. The van der Waals surface area contributed by atoms with E-state index in [2.05, 4.69) is 126 Å². The number of rotatable bonds is 1. The summed E-state index contributed by atoms with van der Waals surface area (Å²) in [5.74, 6) is 0. The van der Waals surface area contributed by atoms with Crippen LogP contribution in [-0.4, -0.2) is 4.57 Å². The Morgan fingerprint density at radius 1 is 0.400 bits per heavy atom. The molecular formula is C38H21NO. The minimum absolute atomic E-state index is 0.917. The van der Waals surface area contributed by atoms with E-state index in [-0.39, 0.29) is 0 Å². The lowest BCUT2D eigenvalue weighted by Crippen LogP contribution is -1.96. The molecule has 0 spiro atoms. The van der Waals surface area contributed by atoms with Gasteiger partial charge in [-0.2, -0.15) is 0 Å². The zero-order valence-electron chi connectivity index (χ0n) is 21.5. The second kappa shape index (κ2) is 7.19. The molecule has 9 aromatic rings. The van der Waals surface area contributed by atoms with E-state index in [1.807, 2.05) is 6.07 Å². The van der Waals surface area contributed by atoms with E-state index in [1.165, 1.54) is 65.8 Å². The van der Waals surface area contributed by atoms with Crippen molar-refractivity contribution in [3.63, 3.8) is 0 Å². The lowest BCUT2D eigenvalue weighted by molar-refractivity contribution is 0.669. The maximum atomic E-state index is 6.40. The van der Waals surface area contributed by atoms with Crippen LogP contribution in [0.5, 0.6) is 0 Å². The van der Waals surface area contributed by atoms with Crippen LogP contribution in [0.1, 0.15) is 0 Å². The Bertz CT molecular complexity index is 2510. The molecule has 1 aliphatic rings. The molecule has 0 saturated heterocycles. The average Bonchev–Trinajstić information content (AvgIpc) is 3.65. The van der Waals surface area contributed by atoms with Gasteiger partial charge in [0.25, 0.3) is 0 Å². The van der Waals surface area contributed by atoms with Crippen LogP contribution in [0.15, 0.2) is 132 Å². The van der Waals surface area contributed by atoms with Crippen LogP contribution in [0.2, 0.25) is 0 Å². The van der Waals surface area contributed by atoms with Crippen molar-refractivity contribution < 1.29 is 4.42 Å². The first-order valence-corrected chi connectivity index (χ1v) is 13.8.